The van der Waals surface area contributed by atoms with Crippen molar-refractivity contribution in [1.82, 2.24) is 25.0 Å². The van der Waals surface area contributed by atoms with Crippen molar-refractivity contribution >= 4 is 11.8 Å². The number of hydrogen-bond acceptors (Lipinski definition) is 7. The molecule has 3 aliphatic rings. The summed E-state index contributed by atoms with van der Waals surface area (Å²) in [4.78, 5) is 17.0. The molecule has 0 radical (unpaired) electrons. The van der Waals surface area contributed by atoms with Crippen LogP contribution in [-0.2, 0) is 16.7 Å². The van der Waals surface area contributed by atoms with Crippen LogP contribution in [-0.4, -0.2) is 71.6 Å². The maximum absolute atomic E-state index is 15.0. The minimum atomic E-state index is -0.503. The molecule has 11 heteroatoms. The number of halogens is 2. The third-order valence-electron chi connectivity index (χ3n) is 10.4. The molecule has 0 spiro atoms. The average Bonchev–Trinajstić information content (AvgIpc) is 3.66. The highest BCUT2D eigenvalue weighted by Crippen LogP contribution is 2.52. The van der Waals surface area contributed by atoms with Crippen LogP contribution in [0.25, 0.3) is 0 Å². The van der Waals surface area contributed by atoms with Crippen LogP contribution in [0.15, 0.2) is 48.8 Å². The Morgan fingerprint density at radius 2 is 1.93 bits per heavy atom. The molecule has 1 saturated carbocycles. The lowest BCUT2D eigenvalue weighted by Crippen LogP contribution is -2.55. The van der Waals surface area contributed by atoms with E-state index in [9.17, 15) is 13.6 Å². The van der Waals surface area contributed by atoms with Gasteiger partial charge in [-0.2, -0.15) is 5.26 Å². The summed E-state index contributed by atoms with van der Waals surface area (Å²) in [7, 11) is 1.57. The van der Waals surface area contributed by atoms with E-state index in [1.54, 1.807) is 37.6 Å². The highest BCUT2D eigenvalue weighted by molar-refractivity contribution is 5.67. The number of alkyl carbamates (subject to hydrolysis) is 1. The number of aromatic nitrogens is 3. The molecule has 9 nitrogen and oxygen atoms in total. The number of amides is 1. The Labute approximate surface area is 263 Å². The molecule has 3 heterocycles. The van der Waals surface area contributed by atoms with Gasteiger partial charge in [-0.1, -0.05) is 12.1 Å². The summed E-state index contributed by atoms with van der Waals surface area (Å²) in [6.45, 7) is 6.81. The fraction of sp³-hybridized carbons (Fsp3) is 0.529. The highest BCUT2D eigenvalue weighted by atomic mass is 19.1. The first-order valence-corrected chi connectivity index (χ1v) is 16.0. The quantitative estimate of drug-likeness (QED) is 0.359. The lowest BCUT2D eigenvalue weighted by atomic mass is 9.58. The molecule has 45 heavy (non-hydrogen) atoms. The van der Waals surface area contributed by atoms with Crippen LogP contribution in [0.5, 0.6) is 0 Å². The van der Waals surface area contributed by atoms with Gasteiger partial charge in [-0.25, -0.2) is 13.6 Å². The summed E-state index contributed by atoms with van der Waals surface area (Å²) in [6, 6.07) is 13.6. The van der Waals surface area contributed by atoms with Crippen LogP contribution in [0.1, 0.15) is 49.1 Å². The fourth-order valence-corrected chi connectivity index (χ4v) is 8.18. The normalized spacial score (nSPS) is 22.4. The minimum absolute atomic E-state index is 0.00235. The van der Waals surface area contributed by atoms with E-state index >= 15 is 0 Å². The van der Waals surface area contributed by atoms with Crippen molar-refractivity contribution in [2.45, 2.75) is 57.1 Å². The number of benzene rings is 2. The van der Waals surface area contributed by atoms with Crippen LogP contribution in [0, 0.1) is 47.6 Å². The number of hydrogen-bond donors (Lipinski definition) is 1. The van der Waals surface area contributed by atoms with Crippen LogP contribution >= 0.6 is 0 Å². The van der Waals surface area contributed by atoms with Gasteiger partial charge in [-0.05, 0) is 93.9 Å². The number of rotatable bonds is 9. The van der Waals surface area contributed by atoms with E-state index in [0.717, 1.165) is 76.2 Å². The van der Waals surface area contributed by atoms with Gasteiger partial charge in [0.1, 0.15) is 29.9 Å². The van der Waals surface area contributed by atoms with Crippen molar-refractivity contribution in [3.05, 3.63) is 77.4 Å². The molecule has 1 amide bonds. The zero-order chi connectivity index (χ0) is 31.6. The molecule has 3 atom stereocenters. The average molecular weight is 618 g/mol. The first-order chi connectivity index (χ1) is 21.8. The molecule has 1 aliphatic carbocycles. The predicted octanol–water partition coefficient (Wildman–Crippen LogP) is 5.05. The van der Waals surface area contributed by atoms with Gasteiger partial charge in [0.25, 0.3) is 0 Å². The van der Waals surface area contributed by atoms with Crippen LogP contribution in [0.3, 0.4) is 0 Å². The number of carbonyl (C=O) groups is 1. The van der Waals surface area contributed by atoms with Gasteiger partial charge < -0.3 is 24.4 Å². The van der Waals surface area contributed by atoms with Gasteiger partial charge in [0, 0.05) is 50.5 Å². The number of nitrogens with one attached hydrogen (secondary N) is 1. The zero-order valence-electron chi connectivity index (χ0n) is 26.0. The molecule has 1 aromatic heterocycles. The lowest BCUT2D eigenvalue weighted by molar-refractivity contribution is 0.00164. The molecule has 2 aliphatic heterocycles. The summed E-state index contributed by atoms with van der Waals surface area (Å²) in [5.74, 6) is 0.813. The molecule has 0 unspecified atom stereocenters. The molecule has 1 N–H and O–H groups in total. The van der Waals surface area contributed by atoms with Gasteiger partial charge in [-0.15, -0.1) is 10.2 Å². The molecule has 3 fully saturated rings. The van der Waals surface area contributed by atoms with Crippen molar-refractivity contribution in [3.8, 4) is 6.07 Å². The van der Waals surface area contributed by atoms with E-state index in [1.165, 1.54) is 12.1 Å². The molecule has 2 aromatic carbocycles. The van der Waals surface area contributed by atoms with E-state index in [2.05, 4.69) is 25.0 Å². The van der Waals surface area contributed by atoms with Gasteiger partial charge in [0.05, 0.1) is 17.3 Å². The van der Waals surface area contributed by atoms with Crippen LogP contribution in [0.2, 0.25) is 0 Å². The standard InChI is InChI=1S/C34H41F2N7O2/c1-23-40-39-22-43(23)21-34(27-5-3-6-28(35)16-27,29-7-4-8-32(29)45-33(44)38-2)26-11-13-41(14-12-26)18-25-19-42(20-25)31-10-9-24(17-37)15-30(31)36/h3,5-6,9-10,15-16,22,25-26,29,32H,4,7-8,11-14,18-21H2,1-2H3,(H,38,44)/t29-,32-,34-/m0/s1. The SMILES string of the molecule is CNC(=O)O[C@H]1CCC[C@@H]1[C@](Cn1cnnc1C)(c1cccc(F)c1)C1CCN(CC2CN(c3ccc(C#N)cc3F)C2)CC1. The van der Waals surface area contributed by atoms with E-state index in [1.807, 2.05) is 24.0 Å². The number of aryl methyl sites for hydroxylation is 1. The van der Waals surface area contributed by atoms with E-state index in [0.29, 0.717) is 23.7 Å². The van der Waals surface area contributed by atoms with Gasteiger partial charge in [0.15, 0.2) is 0 Å². The molecular weight excluding hydrogens is 576 g/mol. The highest BCUT2D eigenvalue weighted by Gasteiger charge is 2.53. The van der Waals surface area contributed by atoms with Gasteiger partial charge in [0.2, 0.25) is 0 Å². The summed E-state index contributed by atoms with van der Waals surface area (Å²) in [5.41, 5.74) is 1.31. The molecule has 2 saturated heterocycles. The van der Waals surface area contributed by atoms with Crippen molar-refractivity contribution in [2.75, 3.05) is 44.7 Å². The van der Waals surface area contributed by atoms with E-state index < -0.39 is 11.5 Å². The number of likely N-dealkylation sites (tertiary alicyclic amines) is 1. The monoisotopic (exact) mass is 617 g/mol. The topological polar surface area (TPSA) is 99.3 Å². The number of carbonyl (C=O) groups excluding carboxylic acids is 1. The van der Waals surface area contributed by atoms with Crippen LogP contribution < -0.4 is 10.2 Å². The van der Waals surface area contributed by atoms with Crippen molar-refractivity contribution < 1.29 is 18.3 Å². The predicted molar refractivity (Wildman–Crippen MR) is 165 cm³/mol. The Morgan fingerprint density at radius 1 is 1.13 bits per heavy atom. The Morgan fingerprint density at radius 3 is 2.60 bits per heavy atom. The molecule has 0 bridgehead atoms. The van der Waals surface area contributed by atoms with Crippen molar-refractivity contribution in [3.63, 3.8) is 0 Å². The Bertz CT molecular complexity index is 1540. The number of anilines is 1. The summed E-state index contributed by atoms with van der Waals surface area (Å²) in [5, 5.41) is 20.1. The summed E-state index contributed by atoms with van der Waals surface area (Å²) < 4.78 is 37.6. The molecule has 238 valence electrons. The number of ether oxygens (including phenoxy) is 1. The van der Waals surface area contributed by atoms with E-state index in [4.69, 9.17) is 10.00 Å². The summed E-state index contributed by atoms with van der Waals surface area (Å²) >= 11 is 0. The second-order valence-corrected chi connectivity index (χ2v) is 12.9. The number of piperidine rings is 1. The molecule has 6 rings (SSSR count). The second kappa shape index (κ2) is 13.1. The second-order valence-electron chi connectivity index (χ2n) is 12.9. The number of nitrogens with zero attached hydrogens (tertiary/aromatic N) is 6. The Kier molecular flexibility index (Phi) is 9.04. The Balaban J connectivity index is 1.22. The first-order valence-electron chi connectivity index (χ1n) is 16.0. The van der Waals surface area contributed by atoms with Crippen LogP contribution in [0.4, 0.5) is 19.3 Å². The third-order valence-corrected chi connectivity index (χ3v) is 10.4. The molecule has 3 aromatic rings. The van der Waals surface area contributed by atoms with Crippen molar-refractivity contribution in [2.24, 2.45) is 17.8 Å². The smallest absolute Gasteiger partial charge is 0.407 e. The fourth-order valence-electron chi connectivity index (χ4n) is 8.18. The van der Waals surface area contributed by atoms with E-state index in [-0.39, 0.29) is 29.6 Å². The molecular formula is C34H41F2N7O2. The maximum atomic E-state index is 15.0. The van der Waals surface area contributed by atoms with Gasteiger partial charge >= 0.3 is 6.09 Å². The zero-order valence-corrected chi connectivity index (χ0v) is 26.0. The summed E-state index contributed by atoms with van der Waals surface area (Å²) in [6.07, 6.45) is 5.44. The number of nitriles is 1. The first kappa shape index (κ1) is 31.0. The third kappa shape index (κ3) is 6.25. The lowest BCUT2D eigenvalue weighted by Gasteiger charge is -2.51. The largest absolute Gasteiger partial charge is 0.446 e. The van der Waals surface area contributed by atoms with Crippen molar-refractivity contribution in [1.29, 1.82) is 5.26 Å². The minimum Gasteiger partial charge on any atom is -0.446 e. The van der Waals surface area contributed by atoms with Gasteiger partial charge in [-0.3, -0.25) is 0 Å². The Hall–Kier alpha value is -4.04. The maximum Gasteiger partial charge on any atom is 0.407 e.